The van der Waals surface area contributed by atoms with Gasteiger partial charge < -0.3 is 19.3 Å². The lowest BCUT2D eigenvalue weighted by Crippen LogP contribution is -2.56. The second-order valence-electron chi connectivity index (χ2n) is 6.86. The van der Waals surface area contributed by atoms with Crippen LogP contribution in [0.3, 0.4) is 0 Å². The Balaban J connectivity index is 1.38. The molecule has 1 aromatic rings. The Morgan fingerprint density at radius 1 is 1.29 bits per heavy atom. The van der Waals surface area contributed by atoms with Crippen molar-refractivity contribution in [3.63, 3.8) is 0 Å². The van der Waals surface area contributed by atoms with Crippen LogP contribution in [0.25, 0.3) is 0 Å². The predicted octanol–water partition coefficient (Wildman–Crippen LogP) is 2.05. The highest BCUT2D eigenvalue weighted by Gasteiger charge is 2.46. The number of hydrogen-bond donors (Lipinski definition) is 0. The Morgan fingerprint density at radius 3 is 2.96 bits per heavy atom. The lowest BCUT2D eigenvalue weighted by atomic mass is 10.1. The lowest BCUT2D eigenvalue weighted by molar-refractivity contribution is -0.108. The van der Waals surface area contributed by atoms with Gasteiger partial charge in [-0.1, -0.05) is 6.07 Å². The molecule has 0 unspecified atom stereocenters. The monoisotopic (exact) mass is 331 g/mol. The summed E-state index contributed by atoms with van der Waals surface area (Å²) in [6.45, 7) is 3.65. The largest absolute Gasteiger partial charge is 0.372 e. The molecule has 0 aromatic carbocycles. The van der Waals surface area contributed by atoms with Gasteiger partial charge in [0.1, 0.15) is 6.10 Å². The third-order valence-electron chi connectivity index (χ3n) is 5.34. The average Bonchev–Trinajstić information content (AvgIpc) is 3.30. The molecular formula is C18H25N3O3. The number of ether oxygens (including phenoxy) is 2. The second kappa shape index (κ2) is 7.07. The number of carbonyl (C=O) groups excluding carboxylic acids is 1. The molecule has 3 aliphatic rings. The maximum absolute atomic E-state index is 12.8. The van der Waals surface area contributed by atoms with Crippen molar-refractivity contribution >= 4 is 6.03 Å². The van der Waals surface area contributed by atoms with Crippen LogP contribution in [-0.2, 0) is 16.1 Å². The summed E-state index contributed by atoms with van der Waals surface area (Å²) in [6.07, 6.45) is 7.81. The Hall–Kier alpha value is -1.66. The van der Waals surface area contributed by atoms with Gasteiger partial charge in [0.2, 0.25) is 0 Å². The first-order chi connectivity index (χ1) is 11.8. The number of hydrogen-bond acceptors (Lipinski definition) is 4. The van der Waals surface area contributed by atoms with E-state index in [9.17, 15) is 4.79 Å². The number of pyridine rings is 1. The third-order valence-corrected chi connectivity index (χ3v) is 5.34. The Labute approximate surface area is 142 Å². The molecule has 0 spiro atoms. The maximum atomic E-state index is 12.8. The zero-order chi connectivity index (χ0) is 16.4. The van der Waals surface area contributed by atoms with Gasteiger partial charge in [0.15, 0.2) is 0 Å². The highest BCUT2D eigenvalue weighted by atomic mass is 16.5. The molecule has 6 nitrogen and oxygen atoms in total. The number of fused-ring (bicyclic) bond motifs is 1. The van der Waals surface area contributed by atoms with Crippen molar-refractivity contribution < 1.29 is 14.3 Å². The molecule has 4 rings (SSSR count). The standard InChI is InChI=1S/C18H25N3O3/c22-18(20-8-1-2-9-20)21-10-11-23-17-15(21)5-6-16(17)24-13-14-4-3-7-19-12-14/h3-4,7,12,15-17H,1-2,5-6,8-11,13H2/t15-,16-,17+/m1/s1. The fraction of sp³-hybridized carbons (Fsp3) is 0.667. The van der Waals surface area contributed by atoms with E-state index in [-0.39, 0.29) is 24.3 Å². The van der Waals surface area contributed by atoms with E-state index in [1.165, 1.54) is 0 Å². The molecule has 6 heteroatoms. The summed E-state index contributed by atoms with van der Waals surface area (Å²) in [6, 6.07) is 4.29. The third kappa shape index (κ3) is 3.13. The number of nitrogens with zero attached hydrogens (tertiary/aromatic N) is 3. The first-order valence-corrected chi connectivity index (χ1v) is 9.00. The van der Waals surface area contributed by atoms with E-state index < -0.39 is 0 Å². The minimum absolute atomic E-state index is 0.00183. The van der Waals surface area contributed by atoms with Gasteiger partial charge in [-0.05, 0) is 37.3 Å². The normalized spacial score (nSPS) is 29.8. The van der Waals surface area contributed by atoms with Crippen LogP contribution >= 0.6 is 0 Å². The van der Waals surface area contributed by atoms with E-state index >= 15 is 0 Å². The van der Waals surface area contributed by atoms with E-state index in [1.807, 2.05) is 28.1 Å². The van der Waals surface area contributed by atoms with Crippen molar-refractivity contribution in [2.75, 3.05) is 26.2 Å². The minimum Gasteiger partial charge on any atom is -0.372 e. The van der Waals surface area contributed by atoms with Gasteiger partial charge >= 0.3 is 6.03 Å². The van der Waals surface area contributed by atoms with Gasteiger partial charge in [0.05, 0.1) is 25.4 Å². The summed E-state index contributed by atoms with van der Waals surface area (Å²) in [5.74, 6) is 0. The number of carbonyl (C=O) groups is 1. The van der Waals surface area contributed by atoms with Crippen LogP contribution in [0.15, 0.2) is 24.5 Å². The van der Waals surface area contributed by atoms with Crippen LogP contribution in [0.4, 0.5) is 4.79 Å². The average molecular weight is 331 g/mol. The second-order valence-corrected chi connectivity index (χ2v) is 6.86. The Bertz CT molecular complexity index is 562. The topological polar surface area (TPSA) is 54.9 Å². The zero-order valence-corrected chi connectivity index (χ0v) is 14.0. The summed E-state index contributed by atoms with van der Waals surface area (Å²) < 4.78 is 12.1. The van der Waals surface area contributed by atoms with Gasteiger partial charge in [-0.2, -0.15) is 0 Å². The molecule has 3 heterocycles. The zero-order valence-electron chi connectivity index (χ0n) is 14.0. The maximum Gasteiger partial charge on any atom is 0.320 e. The molecule has 2 amide bonds. The van der Waals surface area contributed by atoms with Crippen LogP contribution in [0.5, 0.6) is 0 Å². The van der Waals surface area contributed by atoms with Crippen molar-refractivity contribution in [1.82, 2.24) is 14.8 Å². The molecule has 1 saturated carbocycles. The smallest absolute Gasteiger partial charge is 0.320 e. The molecule has 1 aromatic heterocycles. The van der Waals surface area contributed by atoms with Gasteiger partial charge in [-0.15, -0.1) is 0 Å². The Morgan fingerprint density at radius 2 is 2.17 bits per heavy atom. The highest BCUT2D eigenvalue weighted by Crippen LogP contribution is 2.33. The summed E-state index contributed by atoms with van der Waals surface area (Å²) >= 11 is 0. The molecular weight excluding hydrogens is 306 g/mol. The number of aromatic nitrogens is 1. The SMILES string of the molecule is O=C(N1CCCC1)N1CCO[C@H]2[C@H]1CC[C@H]2OCc1cccnc1. The van der Waals surface area contributed by atoms with E-state index in [0.717, 1.165) is 44.3 Å². The van der Waals surface area contributed by atoms with Gasteiger partial charge in [0, 0.05) is 32.0 Å². The predicted molar refractivity (Wildman–Crippen MR) is 88.5 cm³/mol. The molecule has 0 N–H and O–H groups in total. The number of rotatable bonds is 3. The molecule has 1 aliphatic carbocycles. The van der Waals surface area contributed by atoms with Crippen LogP contribution in [0, 0.1) is 0 Å². The van der Waals surface area contributed by atoms with Crippen molar-refractivity contribution in [3.05, 3.63) is 30.1 Å². The van der Waals surface area contributed by atoms with Crippen LogP contribution < -0.4 is 0 Å². The minimum atomic E-state index is 0.00183. The van der Waals surface area contributed by atoms with Gasteiger partial charge in [-0.3, -0.25) is 4.98 Å². The first kappa shape index (κ1) is 15.8. The number of morpholine rings is 1. The van der Waals surface area contributed by atoms with E-state index in [1.54, 1.807) is 6.20 Å². The molecule has 0 bridgehead atoms. The van der Waals surface area contributed by atoms with Gasteiger partial charge in [0.25, 0.3) is 0 Å². The molecule has 2 aliphatic heterocycles. The molecule has 130 valence electrons. The van der Waals surface area contributed by atoms with E-state index in [2.05, 4.69) is 4.98 Å². The molecule has 2 saturated heterocycles. The van der Waals surface area contributed by atoms with E-state index in [0.29, 0.717) is 19.8 Å². The van der Waals surface area contributed by atoms with Crippen LogP contribution in [-0.4, -0.2) is 65.3 Å². The summed E-state index contributed by atoms with van der Waals surface area (Å²) in [5.41, 5.74) is 1.07. The number of urea groups is 1. The quantitative estimate of drug-likeness (QED) is 0.851. The molecule has 24 heavy (non-hydrogen) atoms. The van der Waals surface area contributed by atoms with Crippen LogP contribution in [0.2, 0.25) is 0 Å². The summed E-state index contributed by atoms with van der Waals surface area (Å²) in [7, 11) is 0. The number of likely N-dealkylation sites (tertiary alicyclic amines) is 1. The van der Waals surface area contributed by atoms with Crippen molar-refractivity contribution in [2.24, 2.45) is 0 Å². The van der Waals surface area contributed by atoms with Gasteiger partial charge in [-0.25, -0.2) is 4.79 Å². The van der Waals surface area contributed by atoms with Crippen LogP contribution in [0.1, 0.15) is 31.2 Å². The Kier molecular flexibility index (Phi) is 4.67. The molecule has 0 radical (unpaired) electrons. The molecule has 3 atom stereocenters. The summed E-state index contributed by atoms with van der Waals surface area (Å²) in [5, 5.41) is 0. The molecule has 3 fully saturated rings. The fourth-order valence-corrected chi connectivity index (χ4v) is 4.11. The van der Waals surface area contributed by atoms with E-state index in [4.69, 9.17) is 9.47 Å². The highest BCUT2D eigenvalue weighted by molar-refractivity contribution is 5.75. The first-order valence-electron chi connectivity index (χ1n) is 9.00. The van der Waals surface area contributed by atoms with Crippen molar-refractivity contribution in [2.45, 2.75) is 50.5 Å². The lowest BCUT2D eigenvalue weighted by Gasteiger charge is -2.40. The fourth-order valence-electron chi connectivity index (χ4n) is 4.11. The van der Waals surface area contributed by atoms with Crippen molar-refractivity contribution in [1.29, 1.82) is 0 Å². The number of amides is 2. The van der Waals surface area contributed by atoms with Crippen molar-refractivity contribution in [3.8, 4) is 0 Å². The summed E-state index contributed by atoms with van der Waals surface area (Å²) in [4.78, 5) is 20.9.